The minimum absolute atomic E-state index is 0.169. The summed E-state index contributed by atoms with van der Waals surface area (Å²) in [6.07, 6.45) is 3.67. The Morgan fingerprint density at radius 3 is 2.66 bits per heavy atom. The maximum atomic E-state index is 13.4. The first-order valence-corrected chi connectivity index (χ1v) is 14.6. The van der Waals surface area contributed by atoms with Gasteiger partial charge in [-0.05, 0) is 66.5 Å². The van der Waals surface area contributed by atoms with Crippen molar-refractivity contribution in [3.8, 4) is 5.75 Å². The molecule has 9 heteroatoms. The Morgan fingerprint density at radius 2 is 2.00 bits per heavy atom. The van der Waals surface area contributed by atoms with Crippen LogP contribution in [0.15, 0.2) is 56.9 Å². The highest BCUT2D eigenvalue weighted by Crippen LogP contribution is 2.46. The van der Waals surface area contributed by atoms with E-state index in [4.69, 9.17) is 0 Å². The Balaban J connectivity index is 1.56. The molecule has 1 fully saturated rings. The van der Waals surface area contributed by atoms with Crippen LogP contribution in [0.4, 0.5) is 0 Å². The average molecular weight is 605 g/mol. The van der Waals surface area contributed by atoms with E-state index in [2.05, 4.69) is 22.9 Å². The number of aliphatic hydroxyl groups excluding tert-OH is 3. The molecule has 2 aliphatic rings. The van der Waals surface area contributed by atoms with Gasteiger partial charge in [-0.1, -0.05) is 47.0 Å². The summed E-state index contributed by atoms with van der Waals surface area (Å²) in [7, 11) is 0. The molecule has 0 saturated carbocycles. The summed E-state index contributed by atoms with van der Waals surface area (Å²) in [4.78, 5) is 28.8. The molecule has 0 radical (unpaired) electrons. The highest BCUT2D eigenvalue weighted by atomic mass is 79.9. The Kier molecular flexibility index (Phi) is 9.59. The first-order chi connectivity index (χ1) is 18.3. The number of aromatic hydroxyl groups is 1. The van der Waals surface area contributed by atoms with E-state index in [0.717, 1.165) is 27.8 Å². The Hall–Kier alpha value is -2.30. The van der Waals surface area contributed by atoms with E-state index in [9.17, 15) is 30.0 Å². The number of thiophene rings is 1. The average Bonchev–Trinajstić information content (AvgIpc) is 3.51. The number of imide groups is 1. The SMILES string of the molecule is CCC/C(=C\c1cc(Br)ccc1O)CC[C@@H](O)C1=C(CO)C[C@H]2C(=O)N(Cc3cccs3)C(=O)[C@H]2[C@H]1CO. The Morgan fingerprint density at radius 1 is 1.21 bits per heavy atom. The van der Waals surface area contributed by atoms with Gasteiger partial charge in [0.25, 0.3) is 0 Å². The lowest BCUT2D eigenvalue weighted by molar-refractivity contribution is -0.140. The maximum Gasteiger partial charge on any atom is 0.234 e. The van der Waals surface area contributed by atoms with Gasteiger partial charge in [-0.3, -0.25) is 14.5 Å². The third-order valence-corrected chi connectivity index (χ3v) is 8.93. The molecule has 7 nitrogen and oxygen atoms in total. The van der Waals surface area contributed by atoms with Crippen molar-refractivity contribution in [3.05, 3.63) is 67.3 Å². The summed E-state index contributed by atoms with van der Waals surface area (Å²) in [5.74, 6) is -2.57. The van der Waals surface area contributed by atoms with E-state index >= 15 is 0 Å². The number of fused-ring (bicyclic) bond motifs is 1. The number of benzene rings is 1. The predicted octanol–water partition coefficient (Wildman–Crippen LogP) is 4.64. The number of hydrogen-bond donors (Lipinski definition) is 4. The predicted molar refractivity (Wildman–Crippen MR) is 150 cm³/mol. The van der Waals surface area contributed by atoms with Gasteiger partial charge in [-0.15, -0.1) is 11.3 Å². The van der Waals surface area contributed by atoms with Crippen molar-refractivity contribution in [1.82, 2.24) is 4.90 Å². The molecule has 38 heavy (non-hydrogen) atoms. The zero-order chi connectivity index (χ0) is 27.4. The molecular weight excluding hydrogens is 570 g/mol. The van der Waals surface area contributed by atoms with Crippen LogP contribution in [0.5, 0.6) is 5.75 Å². The normalized spacial score (nSPS) is 22.8. The third-order valence-electron chi connectivity index (χ3n) is 7.58. The Bertz CT molecular complexity index is 1220. The smallest absolute Gasteiger partial charge is 0.234 e. The minimum atomic E-state index is -0.985. The van der Waals surface area contributed by atoms with E-state index in [0.29, 0.717) is 29.6 Å². The first kappa shape index (κ1) is 28.7. The van der Waals surface area contributed by atoms with Gasteiger partial charge in [-0.2, -0.15) is 0 Å². The molecule has 4 rings (SSSR count). The fourth-order valence-corrected chi connectivity index (χ4v) is 6.89. The van der Waals surface area contributed by atoms with Crippen molar-refractivity contribution in [2.45, 2.75) is 51.7 Å². The van der Waals surface area contributed by atoms with E-state index in [1.165, 1.54) is 16.2 Å². The van der Waals surface area contributed by atoms with Gasteiger partial charge >= 0.3 is 0 Å². The second kappa shape index (κ2) is 12.7. The standard InChI is InChI=1S/C29H34BrNO6S/c1-2-4-17(11-18-12-20(30)7-9-24(18)34)6-8-25(35)26-19(15-32)13-22-27(23(26)16-33)29(37)31(28(22)36)14-21-5-3-10-38-21/h3,5,7,9-12,22-23,25,27,32-35H,2,4,6,8,13-16H2,1H3/b17-11+/t22-,23+,25-,27-/m1/s1. The number of phenols is 1. The molecule has 204 valence electrons. The molecule has 1 saturated heterocycles. The van der Waals surface area contributed by atoms with Crippen LogP contribution in [0.25, 0.3) is 6.08 Å². The van der Waals surface area contributed by atoms with Crippen molar-refractivity contribution >= 4 is 45.2 Å². The van der Waals surface area contributed by atoms with Crippen molar-refractivity contribution in [1.29, 1.82) is 0 Å². The molecule has 2 heterocycles. The molecular formula is C29H34BrNO6S. The van der Waals surface area contributed by atoms with Crippen LogP contribution >= 0.6 is 27.3 Å². The van der Waals surface area contributed by atoms with Crippen molar-refractivity contribution in [3.63, 3.8) is 0 Å². The molecule has 4 N–H and O–H groups in total. The molecule has 0 spiro atoms. The lowest BCUT2D eigenvalue weighted by atomic mass is 9.68. The monoisotopic (exact) mass is 603 g/mol. The van der Waals surface area contributed by atoms with Crippen LogP contribution in [0.2, 0.25) is 0 Å². The molecule has 4 atom stereocenters. The van der Waals surface area contributed by atoms with Gasteiger partial charge in [0, 0.05) is 20.8 Å². The minimum Gasteiger partial charge on any atom is -0.507 e. The number of allylic oxidation sites excluding steroid dienone is 1. The molecule has 2 aromatic rings. The second-order valence-electron chi connectivity index (χ2n) is 9.99. The molecule has 1 aromatic heterocycles. The molecule has 1 aliphatic heterocycles. The zero-order valence-electron chi connectivity index (χ0n) is 21.3. The van der Waals surface area contributed by atoms with Crippen LogP contribution in [-0.4, -0.2) is 56.5 Å². The zero-order valence-corrected chi connectivity index (χ0v) is 23.7. The number of amides is 2. The first-order valence-electron chi connectivity index (χ1n) is 13.0. The molecule has 0 bridgehead atoms. The topological polar surface area (TPSA) is 118 Å². The van der Waals surface area contributed by atoms with Gasteiger partial charge in [-0.25, -0.2) is 0 Å². The number of phenolic OH excluding ortho intramolecular Hbond substituents is 1. The number of carbonyl (C=O) groups is 2. The molecule has 1 aromatic carbocycles. The van der Waals surface area contributed by atoms with E-state index in [-0.39, 0.29) is 37.1 Å². The van der Waals surface area contributed by atoms with E-state index < -0.39 is 30.5 Å². The number of rotatable bonds is 11. The second-order valence-corrected chi connectivity index (χ2v) is 11.9. The Labute approximate surface area is 235 Å². The van der Waals surface area contributed by atoms with Crippen LogP contribution < -0.4 is 0 Å². The van der Waals surface area contributed by atoms with Crippen LogP contribution in [-0.2, 0) is 16.1 Å². The lowest BCUT2D eigenvalue weighted by Gasteiger charge is -2.36. The third kappa shape index (κ3) is 5.97. The van der Waals surface area contributed by atoms with Crippen LogP contribution in [0.1, 0.15) is 49.5 Å². The van der Waals surface area contributed by atoms with Gasteiger partial charge in [0.2, 0.25) is 11.8 Å². The van der Waals surface area contributed by atoms with Crippen LogP contribution in [0.3, 0.4) is 0 Å². The van der Waals surface area contributed by atoms with E-state index in [1.54, 1.807) is 12.1 Å². The summed E-state index contributed by atoms with van der Waals surface area (Å²) < 4.78 is 0.849. The highest BCUT2D eigenvalue weighted by molar-refractivity contribution is 9.10. The van der Waals surface area contributed by atoms with Gasteiger partial charge in [0.15, 0.2) is 0 Å². The van der Waals surface area contributed by atoms with Crippen molar-refractivity contribution in [2.24, 2.45) is 17.8 Å². The lowest BCUT2D eigenvalue weighted by Crippen LogP contribution is -2.39. The fourth-order valence-electron chi connectivity index (χ4n) is 5.81. The van der Waals surface area contributed by atoms with Crippen molar-refractivity contribution in [2.75, 3.05) is 13.2 Å². The summed E-state index contributed by atoms with van der Waals surface area (Å²) in [5, 5.41) is 44.0. The largest absolute Gasteiger partial charge is 0.507 e. The number of likely N-dealkylation sites (tertiary alicyclic amines) is 1. The summed E-state index contributed by atoms with van der Waals surface area (Å²) >= 11 is 4.90. The number of hydrogen-bond acceptors (Lipinski definition) is 7. The summed E-state index contributed by atoms with van der Waals surface area (Å²) in [6.45, 7) is 1.51. The molecule has 1 aliphatic carbocycles. The van der Waals surface area contributed by atoms with Crippen LogP contribution in [0, 0.1) is 17.8 Å². The van der Waals surface area contributed by atoms with E-state index in [1.807, 2.05) is 29.7 Å². The number of aliphatic hydroxyl groups is 3. The molecule has 0 unspecified atom stereocenters. The summed E-state index contributed by atoms with van der Waals surface area (Å²) in [6, 6.07) is 8.97. The highest BCUT2D eigenvalue weighted by Gasteiger charge is 2.54. The summed E-state index contributed by atoms with van der Waals surface area (Å²) in [5.41, 5.74) is 2.75. The fraction of sp³-hybridized carbons (Fsp3) is 0.448. The quantitative estimate of drug-likeness (QED) is 0.219. The van der Waals surface area contributed by atoms with Gasteiger partial charge < -0.3 is 20.4 Å². The number of nitrogens with zero attached hydrogens (tertiary/aromatic N) is 1. The molecule has 2 amide bonds. The van der Waals surface area contributed by atoms with Crippen molar-refractivity contribution < 1.29 is 30.0 Å². The maximum absolute atomic E-state index is 13.4. The van der Waals surface area contributed by atoms with Gasteiger partial charge in [0.1, 0.15) is 5.75 Å². The number of halogens is 1. The number of carbonyl (C=O) groups excluding carboxylic acids is 2. The van der Waals surface area contributed by atoms with Gasteiger partial charge in [0.05, 0.1) is 37.7 Å².